The lowest BCUT2D eigenvalue weighted by Crippen LogP contribution is -2.41. The second-order valence-corrected chi connectivity index (χ2v) is 5.29. The quantitative estimate of drug-likeness (QED) is 0.833. The highest BCUT2D eigenvalue weighted by molar-refractivity contribution is 5.67. The number of alkyl carbamates (subject to hydrolysis) is 1. The lowest BCUT2D eigenvalue weighted by molar-refractivity contribution is 0.0524. The number of nitrogens with one attached hydrogen (secondary N) is 1. The fraction of sp³-hybridized carbons (Fsp3) is 0.667. The summed E-state index contributed by atoms with van der Waals surface area (Å²) in [5.74, 6) is 0. The highest BCUT2D eigenvalue weighted by Gasteiger charge is 2.16. The van der Waals surface area contributed by atoms with Crippen molar-refractivity contribution >= 4 is 6.09 Å². The lowest BCUT2D eigenvalue weighted by Gasteiger charge is -2.20. The standard InChI is InChI=1S/C12H22N4O2/c1-12(2,3)18-11(17)14-8-9(13)7-10-5-6-15-16(10)4/h5-6,9H,7-8,13H2,1-4H3,(H,14,17). The Balaban J connectivity index is 2.31. The Kier molecular flexibility index (Phi) is 4.72. The van der Waals surface area contributed by atoms with Gasteiger partial charge in [-0.25, -0.2) is 4.79 Å². The van der Waals surface area contributed by atoms with Gasteiger partial charge < -0.3 is 15.8 Å². The van der Waals surface area contributed by atoms with E-state index in [1.54, 1.807) is 10.9 Å². The minimum absolute atomic E-state index is 0.159. The SMILES string of the molecule is Cn1nccc1CC(N)CNC(=O)OC(C)(C)C. The summed E-state index contributed by atoms with van der Waals surface area (Å²) in [4.78, 5) is 11.4. The third-order valence-corrected chi connectivity index (χ3v) is 2.30. The number of hydrogen-bond acceptors (Lipinski definition) is 4. The molecule has 6 heteroatoms. The molecule has 0 aliphatic carbocycles. The van der Waals surface area contributed by atoms with E-state index >= 15 is 0 Å². The molecular weight excluding hydrogens is 232 g/mol. The Bertz CT molecular complexity index is 395. The topological polar surface area (TPSA) is 82.2 Å². The van der Waals surface area contributed by atoms with Crippen molar-refractivity contribution in [3.8, 4) is 0 Å². The van der Waals surface area contributed by atoms with Crippen molar-refractivity contribution in [2.24, 2.45) is 12.8 Å². The maximum absolute atomic E-state index is 11.4. The van der Waals surface area contributed by atoms with Gasteiger partial charge in [-0.15, -0.1) is 0 Å². The number of aryl methyl sites for hydroxylation is 1. The van der Waals surface area contributed by atoms with Crippen LogP contribution in [0.25, 0.3) is 0 Å². The van der Waals surface area contributed by atoms with Crippen LogP contribution in [0.3, 0.4) is 0 Å². The molecule has 0 aliphatic heterocycles. The first-order valence-corrected chi connectivity index (χ1v) is 5.97. The van der Waals surface area contributed by atoms with Crippen molar-refractivity contribution in [1.82, 2.24) is 15.1 Å². The molecule has 0 aromatic carbocycles. The Hall–Kier alpha value is -1.56. The van der Waals surface area contributed by atoms with Gasteiger partial charge in [0.15, 0.2) is 0 Å². The molecule has 1 unspecified atom stereocenters. The van der Waals surface area contributed by atoms with Crippen LogP contribution in [0.4, 0.5) is 4.79 Å². The van der Waals surface area contributed by atoms with Gasteiger partial charge in [0, 0.05) is 37.9 Å². The molecule has 1 aromatic heterocycles. The van der Waals surface area contributed by atoms with Crippen molar-refractivity contribution in [2.45, 2.75) is 38.8 Å². The second kappa shape index (κ2) is 5.86. The summed E-state index contributed by atoms with van der Waals surface area (Å²) in [6, 6.07) is 1.75. The zero-order valence-corrected chi connectivity index (χ0v) is 11.4. The molecule has 18 heavy (non-hydrogen) atoms. The number of carbonyl (C=O) groups is 1. The van der Waals surface area contributed by atoms with E-state index in [0.717, 1.165) is 5.69 Å². The van der Waals surface area contributed by atoms with Crippen molar-refractivity contribution in [1.29, 1.82) is 0 Å². The molecule has 0 spiro atoms. The van der Waals surface area contributed by atoms with Crippen LogP contribution in [0, 0.1) is 0 Å². The van der Waals surface area contributed by atoms with Crippen LogP contribution in [0.15, 0.2) is 12.3 Å². The number of nitrogens with zero attached hydrogens (tertiary/aromatic N) is 2. The average Bonchev–Trinajstić information content (AvgIpc) is 2.59. The molecule has 6 nitrogen and oxygen atoms in total. The lowest BCUT2D eigenvalue weighted by atomic mass is 10.1. The first-order chi connectivity index (χ1) is 8.28. The fourth-order valence-electron chi connectivity index (χ4n) is 1.47. The van der Waals surface area contributed by atoms with Gasteiger partial charge in [-0.05, 0) is 26.8 Å². The van der Waals surface area contributed by atoms with Crippen molar-refractivity contribution < 1.29 is 9.53 Å². The van der Waals surface area contributed by atoms with E-state index in [-0.39, 0.29) is 6.04 Å². The highest BCUT2D eigenvalue weighted by Crippen LogP contribution is 2.06. The molecule has 0 bridgehead atoms. The monoisotopic (exact) mass is 254 g/mol. The molecule has 1 rings (SSSR count). The summed E-state index contributed by atoms with van der Waals surface area (Å²) in [6.45, 7) is 5.84. The molecule has 0 radical (unpaired) electrons. The van der Waals surface area contributed by atoms with E-state index in [1.807, 2.05) is 33.9 Å². The molecule has 0 fully saturated rings. The number of hydrogen-bond donors (Lipinski definition) is 2. The van der Waals surface area contributed by atoms with Crippen LogP contribution in [-0.4, -0.2) is 34.1 Å². The first-order valence-electron chi connectivity index (χ1n) is 5.97. The van der Waals surface area contributed by atoms with E-state index in [0.29, 0.717) is 13.0 Å². The van der Waals surface area contributed by atoms with Gasteiger partial charge in [-0.2, -0.15) is 5.10 Å². The zero-order chi connectivity index (χ0) is 13.8. The van der Waals surface area contributed by atoms with E-state index < -0.39 is 11.7 Å². The van der Waals surface area contributed by atoms with Crippen molar-refractivity contribution in [3.05, 3.63) is 18.0 Å². The minimum atomic E-state index is -0.490. The molecule has 0 saturated heterocycles. The number of amides is 1. The van der Waals surface area contributed by atoms with Crippen molar-refractivity contribution in [2.75, 3.05) is 6.54 Å². The normalized spacial score (nSPS) is 13.2. The van der Waals surface area contributed by atoms with Crippen LogP contribution >= 0.6 is 0 Å². The predicted molar refractivity (Wildman–Crippen MR) is 69.1 cm³/mol. The average molecular weight is 254 g/mol. The number of carbonyl (C=O) groups excluding carboxylic acids is 1. The third-order valence-electron chi connectivity index (χ3n) is 2.30. The predicted octanol–water partition coefficient (Wildman–Crippen LogP) is 0.815. The van der Waals surface area contributed by atoms with Gasteiger partial charge in [-0.3, -0.25) is 4.68 Å². The highest BCUT2D eigenvalue weighted by atomic mass is 16.6. The summed E-state index contributed by atoms with van der Waals surface area (Å²) in [7, 11) is 1.86. The molecule has 102 valence electrons. The molecule has 1 amide bonds. The van der Waals surface area contributed by atoms with E-state index in [9.17, 15) is 4.79 Å². The molecule has 1 atom stereocenters. The number of ether oxygens (including phenoxy) is 1. The smallest absolute Gasteiger partial charge is 0.407 e. The van der Waals surface area contributed by atoms with Gasteiger partial charge in [0.05, 0.1) is 0 Å². The van der Waals surface area contributed by atoms with E-state index in [2.05, 4.69) is 10.4 Å². The van der Waals surface area contributed by atoms with Crippen LogP contribution in [0.2, 0.25) is 0 Å². The summed E-state index contributed by atoms with van der Waals surface area (Å²) >= 11 is 0. The fourth-order valence-corrected chi connectivity index (χ4v) is 1.47. The van der Waals surface area contributed by atoms with E-state index in [4.69, 9.17) is 10.5 Å². The summed E-state index contributed by atoms with van der Waals surface area (Å²) in [5.41, 5.74) is 6.48. The zero-order valence-electron chi connectivity index (χ0n) is 11.4. The number of nitrogens with two attached hydrogens (primary N) is 1. The number of rotatable bonds is 4. The van der Waals surface area contributed by atoms with Crippen LogP contribution in [0.5, 0.6) is 0 Å². The summed E-state index contributed by atoms with van der Waals surface area (Å²) < 4.78 is 6.90. The van der Waals surface area contributed by atoms with Gasteiger partial charge in [-0.1, -0.05) is 0 Å². The Morgan fingerprint density at radius 1 is 1.61 bits per heavy atom. The third kappa shape index (κ3) is 5.18. The van der Waals surface area contributed by atoms with Crippen molar-refractivity contribution in [3.63, 3.8) is 0 Å². The molecular formula is C12H22N4O2. The summed E-state index contributed by atoms with van der Waals surface area (Å²) in [5, 5.41) is 6.72. The maximum atomic E-state index is 11.4. The van der Waals surface area contributed by atoms with Gasteiger partial charge in [0.25, 0.3) is 0 Å². The number of aromatic nitrogens is 2. The maximum Gasteiger partial charge on any atom is 0.407 e. The minimum Gasteiger partial charge on any atom is -0.444 e. The largest absolute Gasteiger partial charge is 0.444 e. The second-order valence-electron chi connectivity index (χ2n) is 5.29. The van der Waals surface area contributed by atoms with Gasteiger partial charge >= 0.3 is 6.09 Å². The Morgan fingerprint density at radius 2 is 2.28 bits per heavy atom. The van der Waals surface area contributed by atoms with Crippen LogP contribution in [0.1, 0.15) is 26.5 Å². The molecule has 1 aromatic rings. The Morgan fingerprint density at radius 3 is 2.78 bits per heavy atom. The first kappa shape index (κ1) is 14.5. The van der Waals surface area contributed by atoms with Gasteiger partial charge in [0.1, 0.15) is 5.60 Å². The van der Waals surface area contributed by atoms with Crippen LogP contribution in [-0.2, 0) is 18.2 Å². The van der Waals surface area contributed by atoms with Crippen LogP contribution < -0.4 is 11.1 Å². The molecule has 3 N–H and O–H groups in total. The molecule has 0 saturated carbocycles. The molecule has 0 aliphatic rings. The summed E-state index contributed by atoms with van der Waals surface area (Å²) in [6.07, 6.45) is 1.94. The molecule has 1 heterocycles. The Labute approximate surface area is 107 Å². The van der Waals surface area contributed by atoms with E-state index in [1.165, 1.54) is 0 Å². The van der Waals surface area contributed by atoms with Gasteiger partial charge in [0.2, 0.25) is 0 Å².